The molecule has 2 atom stereocenters. The first-order valence-electron chi connectivity index (χ1n) is 4.88. The Kier molecular flexibility index (Phi) is 4.41. The summed E-state index contributed by atoms with van der Waals surface area (Å²) in [4.78, 5) is 23.9. The monoisotopic (exact) mass is 232 g/mol. The third-order valence-corrected chi connectivity index (χ3v) is 3.40. The summed E-state index contributed by atoms with van der Waals surface area (Å²) in [7, 11) is 0. The van der Waals surface area contributed by atoms with Gasteiger partial charge in [0.25, 0.3) is 0 Å². The van der Waals surface area contributed by atoms with E-state index in [9.17, 15) is 9.59 Å². The maximum atomic E-state index is 11.7. The minimum Gasteiger partial charge on any atom is -0.481 e. The summed E-state index contributed by atoms with van der Waals surface area (Å²) in [5.74, 6) is 0.519. The molecule has 1 heterocycles. The summed E-state index contributed by atoms with van der Waals surface area (Å²) >= 11 is 1.68. The molecule has 3 N–H and O–H groups in total. The van der Waals surface area contributed by atoms with Crippen molar-refractivity contribution < 1.29 is 14.7 Å². The van der Waals surface area contributed by atoms with E-state index in [4.69, 9.17) is 10.8 Å². The second-order valence-corrected chi connectivity index (χ2v) is 4.80. The molecule has 0 aromatic carbocycles. The van der Waals surface area contributed by atoms with Gasteiger partial charge in [-0.15, -0.1) is 0 Å². The SMILES string of the molecule is C[C@@H](N)C(=O)N1CCSCC1CC(=O)O. The van der Waals surface area contributed by atoms with Crippen LogP contribution in [-0.2, 0) is 9.59 Å². The van der Waals surface area contributed by atoms with Gasteiger partial charge in [0.15, 0.2) is 0 Å². The number of thioether (sulfide) groups is 1. The molecule has 0 aromatic heterocycles. The van der Waals surface area contributed by atoms with Crippen LogP contribution < -0.4 is 5.73 Å². The molecule has 0 aromatic rings. The molecule has 86 valence electrons. The lowest BCUT2D eigenvalue weighted by Crippen LogP contribution is -2.52. The zero-order valence-electron chi connectivity index (χ0n) is 8.68. The van der Waals surface area contributed by atoms with Crippen LogP contribution in [0.1, 0.15) is 13.3 Å². The molecular formula is C9H16N2O3S. The molecule has 0 aliphatic carbocycles. The maximum Gasteiger partial charge on any atom is 0.305 e. The van der Waals surface area contributed by atoms with E-state index in [2.05, 4.69) is 0 Å². The van der Waals surface area contributed by atoms with E-state index >= 15 is 0 Å². The van der Waals surface area contributed by atoms with Gasteiger partial charge >= 0.3 is 5.97 Å². The minimum absolute atomic E-state index is 0.00542. The molecule has 6 heteroatoms. The Morgan fingerprint density at radius 2 is 2.33 bits per heavy atom. The number of hydrogen-bond acceptors (Lipinski definition) is 4. The second kappa shape index (κ2) is 5.37. The first-order valence-corrected chi connectivity index (χ1v) is 6.03. The van der Waals surface area contributed by atoms with E-state index in [0.717, 1.165) is 5.75 Å². The van der Waals surface area contributed by atoms with Crippen molar-refractivity contribution in [2.24, 2.45) is 5.73 Å². The number of hydrogen-bond donors (Lipinski definition) is 2. The Morgan fingerprint density at radius 3 is 2.87 bits per heavy atom. The largest absolute Gasteiger partial charge is 0.481 e. The van der Waals surface area contributed by atoms with E-state index in [1.165, 1.54) is 0 Å². The lowest BCUT2D eigenvalue weighted by Gasteiger charge is -2.35. The van der Waals surface area contributed by atoms with E-state index in [0.29, 0.717) is 12.3 Å². The standard InChI is InChI=1S/C9H16N2O3S/c1-6(10)9(14)11-2-3-15-5-7(11)4-8(12)13/h6-7H,2-5,10H2,1H3,(H,12,13)/t6-,7?/m1/s1. The summed E-state index contributed by atoms with van der Waals surface area (Å²) in [5, 5.41) is 8.73. The molecule has 0 saturated carbocycles. The van der Waals surface area contributed by atoms with Gasteiger partial charge in [0.1, 0.15) is 0 Å². The summed E-state index contributed by atoms with van der Waals surface area (Å²) in [6.45, 7) is 2.23. The van der Waals surface area contributed by atoms with Crippen LogP contribution in [0.4, 0.5) is 0 Å². The average molecular weight is 232 g/mol. The van der Waals surface area contributed by atoms with Crippen molar-refractivity contribution in [3.05, 3.63) is 0 Å². The molecule has 1 aliphatic rings. The number of amides is 1. The number of rotatable bonds is 3. The van der Waals surface area contributed by atoms with Crippen molar-refractivity contribution in [2.45, 2.75) is 25.4 Å². The van der Waals surface area contributed by atoms with E-state index in [-0.39, 0.29) is 18.4 Å². The summed E-state index contributed by atoms with van der Waals surface area (Å²) in [5.41, 5.74) is 5.51. The minimum atomic E-state index is -0.870. The second-order valence-electron chi connectivity index (χ2n) is 3.65. The highest BCUT2D eigenvalue weighted by Crippen LogP contribution is 2.19. The lowest BCUT2D eigenvalue weighted by atomic mass is 10.1. The summed E-state index contributed by atoms with van der Waals surface area (Å²) < 4.78 is 0. The van der Waals surface area contributed by atoms with E-state index in [1.807, 2.05) is 0 Å². The highest BCUT2D eigenvalue weighted by atomic mass is 32.2. The van der Waals surface area contributed by atoms with Gasteiger partial charge in [-0.2, -0.15) is 11.8 Å². The fraction of sp³-hybridized carbons (Fsp3) is 0.778. The normalized spacial score (nSPS) is 23.6. The third kappa shape index (κ3) is 3.39. The van der Waals surface area contributed by atoms with Crippen molar-refractivity contribution in [2.75, 3.05) is 18.1 Å². The van der Waals surface area contributed by atoms with Crippen LogP contribution in [0.25, 0.3) is 0 Å². The van der Waals surface area contributed by atoms with Gasteiger partial charge in [-0.25, -0.2) is 0 Å². The Morgan fingerprint density at radius 1 is 1.67 bits per heavy atom. The molecule has 1 unspecified atom stereocenters. The van der Waals surface area contributed by atoms with Crippen LogP contribution in [0, 0.1) is 0 Å². The smallest absolute Gasteiger partial charge is 0.305 e. The highest BCUT2D eigenvalue weighted by molar-refractivity contribution is 7.99. The van der Waals surface area contributed by atoms with Crippen LogP contribution in [-0.4, -0.2) is 52.0 Å². The number of carboxylic acid groups (broad SMARTS) is 1. The van der Waals surface area contributed by atoms with Gasteiger partial charge in [0.05, 0.1) is 18.5 Å². The quantitative estimate of drug-likeness (QED) is 0.701. The Hall–Kier alpha value is -0.750. The first-order chi connectivity index (χ1) is 7.02. The Balaban J connectivity index is 2.65. The predicted molar refractivity (Wildman–Crippen MR) is 58.7 cm³/mol. The summed E-state index contributed by atoms with van der Waals surface area (Å²) in [6.07, 6.45) is 0.00542. The third-order valence-electron chi connectivity index (χ3n) is 2.31. The van der Waals surface area contributed by atoms with Crippen LogP contribution in [0.3, 0.4) is 0 Å². The van der Waals surface area contributed by atoms with Gasteiger partial charge in [-0.3, -0.25) is 9.59 Å². The number of carbonyl (C=O) groups excluding carboxylic acids is 1. The van der Waals surface area contributed by atoms with Crippen LogP contribution >= 0.6 is 11.8 Å². The van der Waals surface area contributed by atoms with Gasteiger partial charge < -0.3 is 15.7 Å². The van der Waals surface area contributed by atoms with Crippen molar-refractivity contribution in [1.82, 2.24) is 4.90 Å². The first kappa shape index (κ1) is 12.3. The molecule has 1 saturated heterocycles. The van der Waals surface area contributed by atoms with Crippen LogP contribution in [0.2, 0.25) is 0 Å². The van der Waals surface area contributed by atoms with Crippen molar-refractivity contribution in [1.29, 1.82) is 0 Å². The topological polar surface area (TPSA) is 83.6 Å². The maximum absolute atomic E-state index is 11.7. The zero-order valence-corrected chi connectivity index (χ0v) is 9.50. The fourth-order valence-corrected chi connectivity index (χ4v) is 2.64. The van der Waals surface area contributed by atoms with Crippen molar-refractivity contribution in [3.8, 4) is 0 Å². The fourth-order valence-electron chi connectivity index (χ4n) is 1.58. The molecule has 1 fully saturated rings. The number of nitrogens with two attached hydrogens (primary N) is 1. The molecule has 15 heavy (non-hydrogen) atoms. The Bertz CT molecular complexity index is 258. The molecule has 1 aliphatic heterocycles. The van der Waals surface area contributed by atoms with Crippen molar-refractivity contribution in [3.63, 3.8) is 0 Å². The molecule has 0 radical (unpaired) electrons. The summed E-state index contributed by atoms with van der Waals surface area (Å²) in [6, 6.07) is -0.760. The molecule has 1 amide bonds. The lowest BCUT2D eigenvalue weighted by molar-refractivity contribution is -0.140. The number of carbonyl (C=O) groups is 2. The van der Waals surface area contributed by atoms with Crippen LogP contribution in [0.15, 0.2) is 0 Å². The predicted octanol–water partition coefficient (Wildman–Crippen LogP) is -0.248. The van der Waals surface area contributed by atoms with Gasteiger partial charge in [-0.05, 0) is 6.92 Å². The van der Waals surface area contributed by atoms with Crippen LogP contribution in [0.5, 0.6) is 0 Å². The number of nitrogens with zero attached hydrogens (tertiary/aromatic N) is 1. The van der Waals surface area contributed by atoms with E-state index in [1.54, 1.807) is 23.6 Å². The highest BCUT2D eigenvalue weighted by Gasteiger charge is 2.29. The molecule has 1 rings (SSSR count). The molecule has 0 bridgehead atoms. The number of aliphatic carboxylic acids is 1. The van der Waals surface area contributed by atoms with Gasteiger partial charge in [0.2, 0.25) is 5.91 Å². The molecular weight excluding hydrogens is 216 g/mol. The molecule has 0 spiro atoms. The molecule has 5 nitrogen and oxygen atoms in total. The number of carboxylic acids is 1. The van der Waals surface area contributed by atoms with E-state index < -0.39 is 12.0 Å². The van der Waals surface area contributed by atoms with Gasteiger partial charge in [0, 0.05) is 18.1 Å². The zero-order chi connectivity index (χ0) is 11.4. The van der Waals surface area contributed by atoms with Crippen molar-refractivity contribution >= 4 is 23.6 Å². The van der Waals surface area contributed by atoms with Gasteiger partial charge in [-0.1, -0.05) is 0 Å². The Labute approximate surface area is 93.0 Å². The average Bonchev–Trinajstić information content (AvgIpc) is 2.16.